The van der Waals surface area contributed by atoms with E-state index in [4.69, 9.17) is 4.74 Å². The van der Waals surface area contributed by atoms with Crippen molar-refractivity contribution in [3.63, 3.8) is 0 Å². The van der Waals surface area contributed by atoms with Gasteiger partial charge in [-0.1, -0.05) is 43.5 Å². The average Bonchev–Trinajstić information content (AvgIpc) is 2.55. The Labute approximate surface area is 177 Å². The highest BCUT2D eigenvalue weighted by atomic mass is 127. The first-order valence-electron chi connectivity index (χ1n) is 8.81. The fraction of sp³-hybridized carbons (Fsp3) is 0.429. The van der Waals surface area contributed by atoms with Gasteiger partial charge in [-0.25, -0.2) is 0 Å². The number of phenolic OH excluding ortho intramolecular Hbond substituents is 1. The van der Waals surface area contributed by atoms with Gasteiger partial charge in [0, 0.05) is 5.56 Å². The Hall–Kier alpha value is -0.500. The van der Waals surface area contributed by atoms with Crippen LogP contribution in [-0.2, 0) is 12.0 Å². The van der Waals surface area contributed by atoms with Gasteiger partial charge in [0.1, 0.15) is 17.1 Å². The van der Waals surface area contributed by atoms with E-state index in [1.54, 1.807) is 0 Å². The van der Waals surface area contributed by atoms with Crippen molar-refractivity contribution in [2.45, 2.75) is 59.0 Å². The molecule has 1 aliphatic rings. The molecule has 0 aromatic heterocycles. The molecule has 134 valence electrons. The monoisotopic (exact) mass is 562 g/mol. The van der Waals surface area contributed by atoms with Gasteiger partial charge in [0.2, 0.25) is 0 Å². The van der Waals surface area contributed by atoms with Crippen molar-refractivity contribution in [1.29, 1.82) is 0 Å². The summed E-state index contributed by atoms with van der Waals surface area (Å²) in [6.07, 6.45) is 4.52. The van der Waals surface area contributed by atoms with Gasteiger partial charge in [-0.15, -0.1) is 0 Å². The summed E-state index contributed by atoms with van der Waals surface area (Å²) in [7, 11) is 0. The SMILES string of the molecule is CCCCCc1c(I)c(O)c2c(c1I)OC(C)(C)c1ccc(C)cc1-2. The smallest absolute Gasteiger partial charge is 0.145 e. The predicted octanol–water partition coefficient (Wildman–Crippen LogP) is 6.94. The number of aromatic hydroxyl groups is 1. The maximum Gasteiger partial charge on any atom is 0.145 e. The van der Waals surface area contributed by atoms with E-state index < -0.39 is 5.60 Å². The van der Waals surface area contributed by atoms with Crippen LogP contribution in [0.3, 0.4) is 0 Å². The second kappa shape index (κ2) is 7.25. The van der Waals surface area contributed by atoms with Crippen LogP contribution in [0.25, 0.3) is 11.1 Å². The number of hydrogen-bond donors (Lipinski definition) is 1. The number of aryl methyl sites for hydroxylation is 1. The number of ether oxygens (including phenoxy) is 1. The summed E-state index contributed by atoms with van der Waals surface area (Å²) in [6.45, 7) is 8.51. The van der Waals surface area contributed by atoms with Gasteiger partial charge in [0.15, 0.2) is 0 Å². The van der Waals surface area contributed by atoms with Crippen molar-refractivity contribution in [2.24, 2.45) is 0 Å². The molecule has 2 nitrogen and oxygen atoms in total. The largest absolute Gasteiger partial charge is 0.506 e. The molecule has 0 unspecified atom stereocenters. The summed E-state index contributed by atoms with van der Waals surface area (Å²) in [4.78, 5) is 0. The third-order valence-corrected chi connectivity index (χ3v) is 7.18. The van der Waals surface area contributed by atoms with Crippen LogP contribution in [0, 0.1) is 14.1 Å². The minimum Gasteiger partial charge on any atom is -0.506 e. The minimum absolute atomic E-state index is 0.366. The van der Waals surface area contributed by atoms with E-state index in [2.05, 4.69) is 91.1 Å². The normalized spacial score (nSPS) is 14.6. The van der Waals surface area contributed by atoms with Gasteiger partial charge < -0.3 is 9.84 Å². The summed E-state index contributed by atoms with van der Waals surface area (Å²) in [6, 6.07) is 6.41. The number of unbranched alkanes of at least 4 members (excludes halogenated alkanes) is 2. The highest BCUT2D eigenvalue weighted by Gasteiger charge is 2.37. The van der Waals surface area contributed by atoms with Crippen LogP contribution in [0.4, 0.5) is 0 Å². The summed E-state index contributed by atoms with van der Waals surface area (Å²) >= 11 is 4.70. The van der Waals surface area contributed by atoms with E-state index in [0.29, 0.717) is 5.75 Å². The van der Waals surface area contributed by atoms with Crippen molar-refractivity contribution < 1.29 is 9.84 Å². The number of fused-ring (bicyclic) bond motifs is 3. The van der Waals surface area contributed by atoms with Crippen LogP contribution in [0.15, 0.2) is 18.2 Å². The van der Waals surface area contributed by atoms with Gasteiger partial charge in [0.05, 0.1) is 12.7 Å². The van der Waals surface area contributed by atoms with Crippen molar-refractivity contribution in [2.75, 3.05) is 0 Å². The van der Waals surface area contributed by atoms with E-state index >= 15 is 0 Å². The molecule has 0 spiro atoms. The zero-order valence-corrected chi connectivity index (χ0v) is 19.5. The number of phenols is 1. The third-order valence-electron chi connectivity index (χ3n) is 4.88. The lowest BCUT2D eigenvalue weighted by Gasteiger charge is -2.36. The topological polar surface area (TPSA) is 29.5 Å². The maximum atomic E-state index is 11.0. The van der Waals surface area contributed by atoms with Crippen LogP contribution in [0.2, 0.25) is 0 Å². The second-order valence-electron chi connectivity index (χ2n) is 7.28. The van der Waals surface area contributed by atoms with E-state index in [9.17, 15) is 5.11 Å². The predicted molar refractivity (Wildman–Crippen MR) is 121 cm³/mol. The van der Waals surface area contributed by atoms with E-state index in [-0.39, 0.29) is 0 Å². The van der Waals surface area contributed by atoms with Gasteiger partial charge in [-0.3, -0.25) is 0 Å². The molecule has 1 N–H and O–H groups in total. The Kier molecular flexibility index (Phi) is 5.59. The molecule has 0 aliphatic carbocycles. The highest BCUT2D eigenvalue weighted by molar-refractivity contribution is 14.1. The lowest BCUT2D eigenvalue weighted by atomic mass is 9.84. The zero-order valence-electron chi connectivity index (χ0n) is 15.2. The molecule has 0 fully saturated rings. The fourth-order valence-corrected chi connectivity index (χ4v) is 5.76. The fourth-order valence-electron chi connectivity index (χ4n) is 3.52. The first kappa shape index (κ1) is 19.3. The van der Waals surface area contributed by atoms with Crippen LogP contribution in [0.1, 0.15) is 56.7 Å². The van der Waals surface area contributed by atoms with E-state index in [0.717, 1.165) is 42.4 Å². The molecule has 4 heteroatoms. The number of rotatable bonds is 4. The molecule has 25 heavy (non-hydrogen) atoms. The second-order valence-corrected chi connectivity index (χ2v) is 9.44. The molecule has 2 aromatic carbocycles. The Morgan fingerprint density at radius 3 is 2.52 bits per heavy atom. The Bertz CT molecular complexity index is 825. The summed E-state index contributed by atoms with van der Waals surface area (Å²) in [5.41, 5.74) is 5.09. The van der Waals surface area contributed by atoms with Crippen LogP contribution >= 0.6 is 45.2 Å². The first-order chi connectivity index (χ1) is 11.8. The van der Waals surface area contributed by atoms with E-state index in [1.165, 1.54) is 24.0 Å². The van der Waals surface area contributed by atoms with Gasteiger partial charge >= 0.3 is 0 Å². The molecule has 3 rings (SSSR count). The summed E-state index contributed by atoms with van der Waals surface area (Å²) in [5, 5.41) is 11.0. The van der Waals surface area contributed by atoms with Crippen molar-refractivity contribution in [3.05, 3.63) is 42.0 Å². The Morgan fingerprint density at radius 1 is 1.12 bits per heavy atom. The first-order valence-corrected chi connectivity index (χ1v) is 11.0. The number of hydrogen-bond acceptors (Lipinski definition) is 2. The third kappa shape index (κ3) is 3.40. The molecule has 0 bridgehead atoms. The average molecular weight is 562 g/mol. The Balaban J connectivity index is 2.24. The quantitative estimate of drug-likeness (QED) is 0.324. The number of benzene rings is 2. The van der Waals surface area contributed by atoms with Crippen LogP contribution < -0.4 is 4.74 Å². The van der Waals surface area contributed by atoms with Crippen molar-refractivity contribution in [3.8, 4) is 22.6 Å². The van der Waals surface area contributed by atoms with Crippen LogP contribution in [-0.4, -0.2) is 5.11 Å². The molecule has 1 aliphatic heterocycles. The molecule has 0 atom stereocenters. The zero-order chi connectivity index (χ0) is 18.4. The van der Waals surface area contributed by atoms with Gasteiger partial charge in [-0.05, 0) is 89.9 Å². The molecule has 0 amide bonds. The van der Waals surface area contributed by atoms with Crippen LogP contribution in [0.5, 0.6) is 11.5 Å². The molecular formula is C21H24I2O2. The molecular weight excluding hydrogens is 538 g/mol. The minimum atomic E-state index is -0.407. The lowest BCUT2D eigenvalue weighted by molar-refractivity contribution is 0.104. The van der Waals surface area contributed by atoms with Gasteiger partial charge in [0.25, 0.3) is 0 Å². The molecule has 1 heterocycles. The molecule has 0 radical (unpaired) electrons. The highest BCUT2D eigenvalue weighted by Crippen LogP contribution is 2.53. The maximum absolute atomic E-state index is 11.0. The lowest BCUT2D eigenvalue weighted by Crippen LogP contribution is -2.30. The summed E-state index contributed by atoms with van der Waals surface area (Å²) in [5.74, 6) is 1.21. The summed E-state index contributed by atoms with van der Waals surface area (Å²) < 4.78 is 8.54. The van der Waals surface area contributed by atoms with Gasteiger partial charge in [-0.2, -0.15) is 0 Å². The molecule has 2 aromatic rings. The van der Waals surface area contributed by atoms with Crippen molar-refractivity contribution >= 4 is 45.2 Å². The molecule has 0 saturated carbocycles. The van der Waals surface area contributed by atoms with E-state index in [1.807, 2.05) is 0 Å². The van der Waals surface area contributed by atoms with Crippen molar-refractivity contribution in [1.82, 2.24) is 0 Å². The Morgan fingerprint density at radius 2 is 1.84 bits per heavy atom. The molecule has 0 saturated heterocycles. The number of halogens is 2. The standard InChI is InChI=1S/C21H24I2O2/c1-5-6-7-8-13-17(22)19(24)16-14-11-12(2)9-10-15(14)21(3,4)25-20(16)18(13)23/h9-11,24H,5-8H2,1-4H3.